The molecular weight excluding hydrogens is 256 g/mol. The summed E-state index contributed by atoms with van der Waals surface area (Å²) in [5.41, 5.74) is 0.737. The van der Waals surface area contributed by atoms with Gasteiger partial charge in [0.25, 0.3) is 5.56 Å². The first-order valence-electron chi connectivity index (χ1n) is 7.15. The van der Waals surface area contributed by atoms with E-state index in [2.05, 4.69) is 5.32 Å². The highest BCUT2D eigenvalue weighted by atomic mass is 16.5. The average Bonchev–Trinajstić information content (AvgIpc) is 2.95. The summed E-state index contributed by atoms with van der Waals surface area (Å²) in [6.07, 6.45) is 4.28. The Morgan fingerprint density at radius 1 is 1.40 bits per heavy atom. The van der Waals surface area contributed by atoms with E-state index in [4.69, 9.17) is 4.74 Å². The highest BCUT2D eigenvalue weighted by Gasteiger charge is 2.21. The van der Waals surface area contributed by atoms with Gasteiger partial charge in [0.2, 0.25) is 5.91 Å². The first kappa shape index (κ1) is 14.6. The average molecular weight is 278 g/mol. The molecule has 1 aromatic heterocycles. The van der Waals surface area contributed by atoms with Crippen molar-refractivity contribution in [2.75, 3.05) is 13.7 Å². The molecule has 0 bridgehead atoms. The highest BCUT2D eigenvalue weighted by Crippen LogP contribution is 2.24. The van der Waals surface area contributed by atoms with Crippen LogP contribution in [0, 0.1) is 12.8 Å². The first-order chi connectivity index (χ1) is 9.61. The Morgan fingerprint density at radius 3 is 2.70 bits per heavy atom. The summed E-state index contributed by atoms with van der Waals surface area (Å²) in [4.78, 5) is 23.8. The van der Waals surface area contributed by atoms with Crippen molar-refractivity contribution < 1.29 is 9.53 Å². The van der Waals surface area contributed by atoms with Crippen LogP contribution in [0.15, 0.2) is 16.9 Å². The number of rotatable bonds is 5. The maximum absolute atomic E-state index is 11.9. The molecule has 1 aromatic rings. The minimum absolute atomic E-state index is 0.100. The zero-order chi connectivity index (χ0) is 14.5. The van der Waals surface area contributed by atoms with Gasteiger partial charge in [-0.25, -0.2) is 0 Å². The Labute approximate surface area is 118 Å². The van der Waals surface area contributed by atoms with Crippen LogP contribution in [0.3, 0.4) is 0 Å². The van der Waals surface area contributed by atoms with Gasteiger partial charge in [-0.2, -0.15) is 0 Å². The molecule has 5 nitrogen and oxygen atoms in total. The molecule has 0 unspecified atom stereocenters. The Hall–Kier alpha value is -1.78. The predicted octanol–water partition coefficient (Wildman–Crippen LogP) is 1.47. The fraction of sp³-hybridized carbons (Fsp3) is 0.600. The minimum Gasteiger partial charge on any atom is -0.496 e. The third kappa shape index (κ3) is 3.40. The van der Waals surface area contributed by atoms with E-state index in [1.165, 1.54) is 6.07 Å². The normalized spacial score (nSPS) is 15.3. The number of aromatic nitrogens is 1. The number of ether oxygens (including phenoxy) is 1. The summed E-state index contributed by atoms with van der Waals surface area (Å²) in [6.45, 7) is 2.85. The smallest absolute Gasteiger partial charge is 0.254 e. The van der Waals surface area contributed by atoms with Crippen LogP contribution in [0.5, 0.6) is 5.75 Å². The lowest BCUT2D eigenvalue weighted by Gasteiger charge is -2.13. The number of aryl methyl sites for hydroxylation is 1. The van der Waals surface area contributed by atoms with Crippen molar-refractivity contribution in [1.82, 2.24) is 9.88 Å². The number of nitrogens with one attached hydrogen (secondary N) is 1. The maximum Gasteiger partial charge on any atom is 0.254 e. The Kier molecular flexibility index (Phi) is 4.82. The molecule has 110 valence electrons. The lowest BCUT2D eigenvalue weighted by molar-refractivity contribution is -0.124. The van der Waals surface area contributed by atoms with Crippen LogP contribution < -0.4 is 15.6 Å². The Balaban J connectivity index is 1.91. The molecular formula is C15H22N2O3. The Morgan fingerprint density at radius 2 is 2.10 bits per heavy atom. The molecule has 5 heteroatoms. The molecule has 1 saturated carbocycles. The van der Waals surface area contributed by atoms with Crippen LogP contribution in [0.4, 0.5) is 0 Å². The third-order valence-corrected chi connectivity index (χ3v) is 3.90. The molecule has 2 rings (SSSR count). The fourth-order valence-electron chi connectivity index (χ4n) is 2.73. The molecule has 0 aromatic carbocycles. The second kappa shape index (κ2) is 6.59. The zero-order valence-electron chi connectivity index (χ0n) is 12.1. The third-order valence-electron chi connectivity index (χ3n) is 3.90. The molecule has 0 aliphatic heterocycles. The summed E-state index contributed by atoms with van der Waals surface area (Å²) >= 11 is 0. The minimum atomic E-state index is -0.100. The van der Waals surface area contributed by atoms with E-state index >= 15 is 0 Å². The monoisotopic (exact) mass is 278 g/mol. The van der Waals surface area contributed by atoms with Gasteiger partial charge in [-0.1, -0.05) is 12.8 Å². The molecule has 0 atom stereocenters. The maximum atomic E-state index is 11.9. The van der Waals surface area contributed by atoms with Crippen molar-refractivity contribution in [3.8, 4) is 5.75 Å². The van der Waals surface area contributed by atoms with Crippen LogP contribution in [0.1, 0.15) is 31.4 Å². The molecule has 1 aliphatic rings. The molecule has 1 heterocycles. The molecule has 1 fully saturated rings. The van der Waals surface area contributed by atoms with Gasteiger partial charge in [0.05, 0.1) is 7.11 Å². The summed E-state index contributed by atoms with van der Waals surface area (Å²) in [5.74, 6) is 0.865. The van der Waals surface area contributed by atoms with E-state index < -0.39 is 0 Å². The fourth-order valence-corrected chi connectivity index (χ4v) is 2.73. The van der Waals surface area contributed by atoms with Crippen molar-refractivity contribution in [2.45, 2.75) is 39.2 Å². The SMILES string of the molecule is COc1cc(C)n(CCNC(=O)C2CCCC2)c(=O)c1. The van der Waals surface area contributed by atoms with Crippen molar-refractivity contribution in [1.29, 1.82) is 0 Å². The van der Waals surface area contributed by atoms with Crippen LogP contribution in [-0.2, 0) is 11.3 Å². The van der Waals surface area contributed by atoms with Gasteiger partial charge >= 0.3 is 0 Å². The number of amides is 1. The van der Waals surface area contributed by atoms with E-state index in [1.807, 2.05) is 13.0 Å². The van der Waals surface area contributed by atoms with Gasteiger partial charge in [-0.05, 0) is 25.8 Å². The van der Waals surface area contributed by atoms with E-state index in [0.717, 1.165) is 31.4 Å². The second-order valence-electron chi connectivity index (χ2n) is 5.30. The quantitative estimate of drug-likeness (QED) is 0.887. The van der Waals surface area contributed by atoms with E-state index in [-0.39, 0.29) is 17.4 Å². The first-order valence-corrected chi connectivity index (χ1v) is 7.15. The molecule has 20 heavy (non-hydrogen) atoms. The number of carbonyl (C=O) groups is 1. The predicted molar refractivity (Wildman–Crippen MR) is 77.0 cm³/mol. The van der Waals surface area contributed by atoms with Crippen LogP contribution >= 0.6 is 0 Å². The van der Waals surface area contributed by atoms with Gasteiger partial charge in [0, 0.05) is 30.8 Å². The molecule has 0 saturated heterocycles. The Bertz CT molecular complexity index is 530. The van der Waals surface area contributed by atoms with Crippen molar-refractivity contribution >= 4 is 5.91 Å². The van der Waals surface area contributed by atoms with Crippen LogP contribution in [-0.4, -0.2) is 24.1 Å². The van der Waals surface area contributed by atoms with Crippen molar-refractivity contribution in [3.05, 3.63) is 28.2 Å². The summed E-state index contributed by atoms with van der Waals surface area (Å²) in [7, 11) is 1.54. The van der Waals surface area contributed by atoms with Crippen molar-refractivity contribution in [2.24, 2.45) is 5.92 Å². The molecule has 0 radical (unpaired) electrons. The van der Waals surface area contributed by atoms with E-state index in [0.29, 0.717) is 18.8 Å². The van der Waals surface area contributed by atoms with Gasteiger partial charge in [-0.3, -0.25) is 9.59 Å². The van der Waals surface area contributed by atoms with Gasteiger partial charge < -0.3 is 14.6 Å². The summed E-state index contributed by atoms with van der Waals surface area (Å²) < 4.78 is 6.71. The standard InChI is InChI=1S/C15H22N2O3/c1-11-9-13(20-2)10-14(18)17(11)8-7-16-15(19)12-5-3-4-6-12/h9-10,12H,3-8H2,1-2H3,(H,16,19). The van der Waals surface area contributed by atoms with Crippen molar-refractivity contribution in [3.63, 3.8) is 0 Å². The molecule has 1 N–H and O–H groups in total. The number of pyridine rings is 1. The topological polar surface area (TPSA) is 60.3 Å². The zero-order valence-corrected chi connectivity index (χ0v) is 12.1. The molecule has 1 amide bonds. The number of hydrogen-bond acceptors (Lipinski definition) is 3. The van der Waals surface area contributed by atoms with Gasteiger partial charge in [-0.15, -0.1) is 0 Å². The molecule has 1 aliphatic carbocycles. The van der Waals surface area contributed by atoms with Crippen LogP contribution in [0.2, 0.25) is 0 Å². The molecule has 0 spiro atoms. The lowest BCUT2D eigenvalue weighted by atomic mass is 10.1. The largest absolute Gasteiger partial charge is 0.496 e. The van der Waals surface area contributed by atoms with E-state index in [1.54, 1.807) is 11.7 Å². The number of hydrogen-bond donors (Lipinski definition) is 1. The highest BCUT2D eigenvalue weighted by molar-refractivity contribution is 5.78. The number of methoxy groups -OCH3 is 1. The lowest BCUT2D eigenvalue weighted by Crippen LogP contribution is -2.34. The van der Waals surface area contributed by atoms with E-state index in [9.17, 15) is 9.59 Å². The van der Waals surface area contributed by atoms with Gasteiger partial charge in [0.1, 0.15) is 5.75 Å². The summed E-state index contributed by atoms with van der Waals surface area (Å²) in [6, 6.07) is 3.28. The second-order valence-corrected chi connectivity index (χ2v) is 5.30. The number of nitrogens with zero attached hydrogens (tertiary/aromatic N) is 1. The van der Waals surface area contributed by atoms with Gasteiger partial charge in [0.15, 0.2) is 0 Å². The number of carbonyl (C=O) groups excluding carboxylic acids is 1. The summed E-state index contributed by atoms with van der Waals surface area (Å²) in [5, 5.41) is 2.93. The van der Waals surface area contributed by atoms with Crippen LogP contribution in [0.25, 0.3) is 0 Å².